The molecule has 37 heavy (non-hydrogen) atoms. The second kappa shape index (κ2) is 11.7. The monoisotopic (exact) mass is 696 g/mol. The summed E-state index contributed by atoms with van der Waals surface area (Å²) in [4.78, 5) is 43.2. The Hall–Kier alpha value is -2.77. The molecule has 4 rings (SSSR count). The number of aromatic nitrogens is 1. The smallest absolute Gasteiger partial charge is 0.343 e. The molecule has 3 aromatic rings. The van der Waals surface area contributed by atoms with Crippen LogP contribution >= 0.6 is 49.9 Å². The third-order valence-electron chi connectivity index (χ3n) is 5.65. The highest BCUT2D eigenvalue weighted by atomic mass is 127. The lowest BCUT2D eigenvalue weighted by molar-refractivity contribution is -0.143. The minimum atomic E-state index is -0.650. The molecule has 2 heterocycles. The topological polar surface area (TPSA) is 96.2 Å². The van der Waals surface area contributed by atoms with Gasteiger partial charge in [0, 0.05) is 0 Å². The van der Waals surface area contributed by atoms with Crippen molar-refractivity contribution in [2.45, 2.75) is 19.4 Å². The van der Waals surface area contributed by atoms with E-state index < -0.39 is 18.0 Å². The van der Waals surface area contributed by atoms with Crippen LogP contribution in [0.25, 0.3) is 6.08 Å². The van der Waals surface area contributed by atoms with E-state index in [0.29, 0.717) is 37.2 Å². The third kappa shape index (κ3) is 5.58. The Morgan fingerprint density at radius 1 is 1.19 bits per heavy atom. The van der Waals surface area contributed by atoms with Crippen LogP contribution in [0.5, 0.6) is 5.75 Å². The second-order valence-electron chi connectivity index (χ2n) is 7.88. The Kier molecular flexibility index (Phi) is 8.65. The van der Waals surface area contributed by atoms with E-state index in [-0.39, 0.29) is 12.2 Å². The maximum Gasteiger partial charge on any atom is 0.343 e. The van der Waals surface area contributed by atoms with Crippen LogP contribution in [0, 0.1) is 3.57 Å². The fourth-order valence-corrected chi connectivity index (χ4v) is 6.75. The summed E-state index contributed by atoms with van der Waals surface area (Å²) in [6.45, 7) is 1.70. The standard InChI is InChI=1S/C26H22BrIN2O6S/c1-4-18-21(25(33)35-3)22(15-8-6-5-7-9-15)30-24(32)19(37-26(30)29-18)12-14-10-16(27)23(17(28)11-14)36-13-20(31)34-2/h5-12,22H,4,13H2,1-3H3/b19-12-/t22-/m0/s1. The SMILES string of the molecule is CCC1=C(C(=O)OC)[C@H](c2ccccc2)n2c(s/c(=C\c3cc(Br)c(OCC(=O)OC)c(I)c3)c2=O)=N1. The molecule has 0 fully saturated rings. The summed E-state index contributed by atoms with van der Waals surface area (Å²) in [5.74, 6) is -0.493. The fourth-order valence-electron chi connectivity index (χ4n) is 3.96. The Labute approximate surface area is 238 Å². The molecule has 0 N–H and O–H groups in total. The van der Waals surface area contributed by atoms with Crippen LogP contribution in [0.15, 0.2) is 68.0 Å². The minimum Gasteiger partial charge on any atom is -0.480 e. The molecule has 1 aromatic heterocycles. The lowest BCUT2D eigenvalue weighted by Crippen LogP contribution is -2.40. The zero-order chi connectivity index (χ0) is 26.7. The summed E-state index contributed by atoms with van der Waals surface area (Å²) in [6.07, 6.45) is 2.29. The van der Waals surface area contributed by atoms with Crippen molar-refractivity contribution >= 4 is 67.9 Å². The zero-order valence-corrected chi connectivity index (χ0v) is 24.7. The molecule has 1 aliphatic rings. The third-order valence-corrected chi connectivity index (χ3v) is 8.02. The minimum absolute atomic E-state index is 0.217. The Morgan fingerprint density at radius 2 is 1.92 bits per heavy atom. The van der Waals surface area contributed by atoms with Gasteiger partial charge in [0.1, 0.15) is 5.75 Å². The number of thiazole rings is 1. The molecular formula is C26H22BrIN2O6S. The van der Waals surface area contributed by atoms with Gasteiger partial charge in [0.2, 0.25) is 0 Å². The molecule has 0 bridgehead atoms. The van der Waals surface area contributed by atoms with Gasteiger partial charge in [-0.25, -0.2) is 14.6 Å². The van der Waals surface area contributed by atoms with E-state index in [1.54, 1.807) is 16.7 Å². The van der Waals surface area contributed by atoms with Crippen LogP contribution in [-0.4, -0.2) is 37.3 Å². The van der Waals surface area contributed by atoms with Crippen LogP contribution < -0.4 is 19.6 Å². The van der Waals surface area contributed by atoms with Gasteiger partial charge in [-0.05, 0) is 74.3 Å². The van der Waals surface area contributed by atoms with Crippen molar-refractivity contribution in [3.8, 4) is 5.75 Å². The number of halogens is 2. The summed E-state index contributed by atoms with van der Waals surface area (Å²) < 4.78 is 18.7. The average Bonchev–Trinajstić information content (AvgIpc) is 3.21. The number of hydrogen-bond acceptors (Lipinski definition) is 8. The number of carbonyl (C=O) groups is 2. The quantitative estimate of drug-likeness (QED) is 0.276. The van der Waals surface area contributed by atoms with Crippen LogP contribution in [0.1, 0.15) is 30.5 Å². The summed E-state index contributed by atoms with van der Waals surface area (Å²) in [5, 5.41) is 0. The van der Waals surface area contributed by atoms with E-state index in [0.717, 1.165) is 14.7 Å². The van der Waals surface area contributed by atoms with Gasteiger partial charge >= 0.3 is 11.9 Å². The molecule has 1 aliphatic heterocycles. The first-order valence-electron chi connectivity index (χ1n) is 11.2. The van der Waals surface area contributed by atoms with E-state index >= 15 is 0 Å². The van der Waals surface area contributed by atoms with Crippen molar-refractivity contribution in [3.05, 3.63) is 92.6 Å². The van der Waals surface area contributed by atoms with Gasteiger partial charge in [0.25, 0.3) is 5.56 Å². The van der Waals surface area contributed by atoms with Gasteiger partial charge in [-0.15, -0.1) is 0 Å². The first-order valence-corrected chi connectivity index (χ1v) is 13.8. The first-order chi connectivity index (χ1) is 17.8. The van der Waals surface area contributed by atoms with Crippen molar-refractivity contribution < 1.29 is 23.8 Å². The zero-order valence-electron chi connectivity index (χ0n) is 20.1. The lowest BCUT2D eigenvalue weighted by Gasteiger charge is -2.25. The maximum absolute atomic E-state index is 13.7. The number of methoxy groups -OCH3 is 2. The molecular weight excluding hydrogens is 675 g/mol. The molecule has 2 aromatic carbocycles. The molecule has 0 aliphatic carbocycles. The summed E-state index contributed by atoms with van der Waals surface area (Å²) in [5.41, 5.74) is 2.25. The molecule has 192 valence electrons. The second-order valence-corrected chi connectivity index (χ2v) is 10.9. The van der Waals surface area contributed by atoms with E-state index in [1.165, 1.54) is 25.6 Å². The molecule has 0 saturated carbocycles. The maximum atomic E-state index is 13.7. The van der Waals surface area contributed by atoms with Crippen molar-refractivity contribution in [2.75, 3.05) is 20.8 Å². The number of nitrogens with zero attached hydrogens (tertiary/aromatic N) is 2. The van der Waals surface area contributed by atoms with E-state index in [1.807, 2.05) is 43.3 Å². The van der Waals surface area contributed by atoms with Crippen molar-refractivity contribution in [2.24, 2.45) is 4.99 Å². The van der Waals surface area contributed by atoms with Crippen molar-refractivity contribution in [3.63, 3.8) is 0 Å². The Morgan fingerprint density at radius 3 is 2.54 bits per heavy atom. The van der Waals surface area contributed by atoms with E-state index in [2.05, 4.69) is 48.3 Å². The van der Waals surface area contributed by atoms with Crippen LogP contribution in [0.3, 0.4) is 0 Å². The van der Waals surface area contributed by atoms with E-state index in [4.69, 9.17) is 9.47 Å². The van der Waals surface area contributed by atoms with Crippen molar-refractivity contribution in [1.82, 2.24) is 4.57 Å². The van der Waals surface area contributed by atoms with Crippen LogP contribution in [0.4, 0.5) is 0 Å². The molecule has 0 amide bonds. The Bertz CT molecular complexity index is 1560. The highest BCUT2D eigenvalue weighted by Crippen LogP contribution is 2.33. The number of ether oxygens (including phenoxy) is 3. The van der Waals surface area contributed by atoms with Crippen LogP contribution in [0.2, 0.25) is 0 Å². The average molecular weight is 697 g/mol. The lowest BCUT2D eigenvalue weighted by atomic mass is 9.95. The van der Waals surface area contributed by atoms with Crippen molar-refractivity contribution in [1.29, 1.82) is 0 Å². The van der Waals surface area contributed by atoms with Gasteiger partial charge in [-0.3, -0.25) is 9.36 Å². The molecule has 0 radical (unpaired) electrons. The van der Waals surface area contributed by atoms with Gasteiger partial charge in [0.15, 0.2) is 11.4 Å². The fraction of sp³-hybridized carbons (Fsp3) is 0.231. The molecule has 0 saturated heterocycles. The molecule has 8 nitrogen and oxygen atoms in total. The number of carbonyl (C=O) groups excluding carboxylic acids is 2. The normalized spacial score (nSPS) is 15.2. The number of allylic oxidation sites excluding steroid dienone is 1. The number of esters is 2. The molecule has 0 spiro atoms. The predicted molar refractivity (Wildman–Crippen MR) is 151 cm³/mol. The highest BCUT2D eigenvalue weighted by molar-refractivity contribution is 14.1. The molecule has 11 heteroatoms. The predicted octanol–water partition coefficient (Wildman–Crippen LogP) is 3.72. The van der Waals surface area contributed by atoms with Crippen LogP contribution in [-0.2, 0) is 19.1 Å². The first kappa shape index (κ1) is 27.3. The highest BCUT2D eigenvalue weighted by Gasteiger charge is 2.33. The number of benzene rings is 2. The van der Waals surface area contributed by atoms with Gasteiger partial charge in [-0.2, -0.15) is 0 Å². The van der Waals surface area contributed by atoms with Gasteiger partial charge < -0.3 is 14.2 Å². The number of rotatable bonds is 7. The largest absolute Gasteiger partial charge is 0.480 e. The number of fused-ring (bicyclic) bond motifs is 1. The molecule has 0 unspecified atom stereocenters. The summed E-state index contributed by atoms with van der Waals surface area (Å²) in [7, 11) is 2.62. The summed E-state index contributed by atoms with van der Waals surface area (Å²) >= 11 is 6.86. The van der Waals surface area contributed by atoms with Gasteiger partial charge in [-0.1, -0.05) is 48.6 Å². The van der Waals surface area contributed by atoms with Gasteiger partial charge in [0.05, 0.1) is 44.1 Å². The Balaban J connectivity index is 1.85. The number of hydrogen-bond donors (Lipinski definition) is 0. The molecule has 1 atom stereocenters. The van der Waals surface area contributed by atoms with E-state index in [9.17, 15) is 14.4 Å². The summed E-state index contributed by atoms with van der Waals surface area (Å²) in [6, 6.07) is 12.4.